The maximum atomic E-state index is 12.0. The van der Waals surface area contributed by atoms with Crippen molar-refractivity contribution in [2.24, 2.45) is 4.99 Å². The fourth-order valence-electron chi connectivity index (χ4n) is 3.13. The highest BCUT2D eigenvalue weighted by Gasteiger charge is 2.26. The van der Waals surface area contributed by atoms with E-state index < -0.39 is 10.0 Å². The lowest BCUT2D eigenvalue weighted by Crippen LogP contribution is -2.49. The molecule has 1 saturated heterocycles. The third-order valence-corrected chi connectivity index (χ3v) is 6.65. The Hall–Kier alpha value is -1.27. The Morgan fingerprint density at radius 2 is 1.93 bits per heavy atom. The van der Waals surface area contributed by atoms with Gasteiger partial charge >= 0.3 is 0 Å². The molecular formula is C19H33IN4O4S. The van der Waals surface area contributed by atoms with Crippen LogP contribution >= 0.6 is 24.0 Å². The molecule has 1 heterocycles. The molecule has 0 aromatic heterocycles. The van der Waals surface area contributed by atoms with Gasteiger partial charge in [-0.1, -0.05) is 6.07 Å². The molecule has 0 unspecified atom stereocenters. The van der Waals surface area contributed by atoms with Crippen molar-refractivity contribution < 1.29 is 17.9 Å². The second kappa shape index (κ2) is 12.4. The topological polar surface area (TPSA) is 92.3 Å². The van der Waals surface area contributed by atoms with Gasteiger partial charge in [-0.15, -0.1) is 24.0 Å². The molecule has 0 atom stereocenters. The molecule has 0 aliphatic carbocycles. The van der Waals surface area contributed by atoms with E-state index in [4.69, 9.17) is 9.47 Å². The first-order valence-electron chi connectivity index (χ1n) is 9.68. The number of hydrogen-bond acceptors (Lipinski definition) is 5. The fourth-order valence-corrected chi connectivity index (χ4v) is 4.27. The standard InChI is InChI=1S/C19H32N4O4S.HI/c1-5-27-18-13-15(7-8-17(18)26-4)14-21-19(20-3)22-16-9-11-23(12-10-16)28(24,25)6-2;/h7-8,13,16H,5-6,9-12,14H2,1-4H3,(H2,20,21,22);1H. The Bertz CT molecular complexity index is 765. The summed E-state index contributed by atoms with van der Waals surface area (Å²) < 4.78 is 36.4. The highest BCUT2D eigenvalue weighted by atomic mass is 127. The van der Waals surface area contributed by atoms with Crippen LogP contribution in [0.15, 0.2) is 23.2 Å². The van der Waals surface area contributed by atoms with E-state index in [0.29, 0.717) is 38.0 Å². The van der Waals surface area contributed by atoms with Crippen LogP contribution in [0.3, 0.4) is 0 Å². The van der Waals surface area contributed by atoms with Gasteiger partial charge in [0.05, 0.1) is 19.5 Å². The Morgan fingerprint density at radius 3 is 2.48 bits per heavy atom. The van der Waals surface area contributed by atoms with Crippen LogP contribution in [0.4, 0.5) is 0 Å². The van der Waals surface area contributed by atoms with E-state index in [2.05, 4.69) is 15.6 Å². The van der Waals surface area contributed by atoms with Gasteiger partial charge in [-0.2, -0.15) is 0 Å². The molecule has 0 amide bonds. The number of piperidine rings is 1. The molecule has 1 aliphatic heterocycles. The van der Waals surface area contributed by atoms with Gasteiger partial charge in [0.25, 0.3) is 0 Å². The number of nitrogens with zero attached hydrogens (tertiary/aromatic N) is 2. The molecule has 2 rings (SSSR count). The van der Waals surface area contributed by atoms with Crippen molar-refractivity contribution in [1.29, 1.82) is 0 Å². The number of ether oxygens (including phenoxy) is 2. The van der Waals surface area contributed by atoms with E-state index >= 15 is 0 Å². The summed E-state index contributed by atoms with van der Waals surface area (Å²) in [5, 5.41) is 6.69. The van der Waals surface area contributed by atoms with Crippen LogP contribution in [-0.2, 0) is 16.6 Å². The van der Waals surface area contributed by atoms with Crippen LogP contribution in [0.1, 0.15) is 32.3 Å². The Morgan fingerprint density at radius 1 is 1.24 bits per heavy atom. The van der Waals surface area contributed by atoms with Crippen molar-refractivity contribution in [1.82, 2.24) is 14.9 Å². The van der Waals surface area contributed by atoms with Gasteiger partial charge in [-0.3, -0.25) is 4.99 Å². The third-order valence-electron chi connectivity index (χ3n) is 4.76. The van der Waals surface area contributed by atoms with E-state index in [-0.39, 0.29) is 35.8 Å². The van der Waals surface area contributed by atoms with Gasteiger partial charge in [-0.05, 0) is 44.4 Å². The van der Waals surface area contributed by atoms with Crippen molar-refractivity contribution in [3.05, 3.63) is 23.8 Å². The van der Waals surface area contributed by atoms with Crippen LogP contribution in [0.5, 0.6) is 11.5 Å². The van der Waals surface area contributed by atoms with E-state index in [0.717, 1.165) is 24.2 Å². The third kappa shape index (κ3) is 7.49. The predicted octanol–water partition coefficient (Wildman–Crippen LogP) is 2.19. The monoisotopic (exact) mass is 540 g/mol. The maximum Gasteiger partial charge on any atom is 0.213 e. The van der Waals surface area contributed by atoms with Crippen LogP contribution in [0, 0.1) is 0 Å². The van der Waals surface area contributed by atoms with Crippen molar-refractivity contribution >= 4 is 40.0 Å². The highest BCUT2D eigenvalue weighted by molar-refractivity contribution is 14.0. The molecule has 1 aliphatic rings. The molecule has 166 valence electrons. The normalized spacial score (nSPS) is 16.1. The number of methoxy groups -OCH3 is 1. The highest BCUT2D eigenvalue weighted by Crippen LogP contribution is 2.28. The minimum Gasteiger partial charge on any atom is -0.493 e. The van der Waals surface area contributed by atoms with Crippen molar-refractivity contribution in [2.75, 3.05) is 39.6 Å². The van der Waals surface area contributed by atoms with Gasteiger partial charge in [0.1, 0.15) is 0 Å². The van der Waals surface area contributed by atoms with Crippen LogP contribution < -0.4 is 20.1 Å². The minimum atomic E-state index is -3.10. The van der Waals surface area contributed by atoms with Gasteiger partial charge in [0.2, 0.25) is 10.0 Å². The molecule has 0 bridgehead atoms. The number of halogens is 1. The zero-order chi connectivity index (χ0) is 20.6. The number of sulfonamides is 1. The van der Waals surface area contributed by atoms with Crippen molar-refractivity contribution in [2.45, 2.75) is 39.3 Å². The maximum absolute atomic E-state index is 12.0. The molecule has 0 spiro atoms. The van der Waals surface area contributed by atoms with Crippen LogP contribution in [0.25, 0.3) is 0 Å². The van der Waals surface area contributed by atoms with Gasteiger partial charge < -0.3 is 20.1 Å². The molecule has 1 aromatic carbocycles. The number of rotatable bonds is 8. The zero-order valence-electron chi connectivity index (χ0n) is 17.6. The van der Waals surface area contributed by atoms with Crippen molar-refractivity contribution in [3.8, 4) is 11.5 Å². The summed E-state index contributed by atoms with van der Waals surface area (Å²) in [7, 11) is 0.249. The number of hydrogen-bond donors (Lipinski definition) is 2. The Balaban J connectivity index is 0.00000420. The summed E-state index contributed by atoms with van der Waals surface area (Å²) in [5.41, 5.74) is 1.05. The first-order valence-corrected chi connectivity index (χ1v) is 11.3. The average Bonchev–Trinajstić information content (AvgIpc) is 2.71. The number of benzene rings is 1. The first kappa shape index (κ1) is 25.8. The summed E-state index contributed by atoms with van der Waals surface area (Å²) in [4.78, 5) is 4.28. The van der Waals surface area contributed by atoms with E-state index in [1.807, 2.05) is 25.1 Å². The van der Waals surface area contributed by atoms with Gasteiger partial charge in [0, 0.05) is 32.7 Å². The van der Waals surface area contributed by atoms with E-state index in [1.54, 1.807) is 25.4 Å². The minimum absolute atomic E-state index is 0. The molecule has 2 N–H and O–H groups in total. The van der Waals surface area contributed by atoms with Crippen LogP contribution in [-0.4, -0.2) is 64.3 Å². The lowest BCUT2D eigenvalue weighted by Gasteiger charge is -2.32. The summed E-state index contributed by atoms with van der Waals surface area (Å²) in [5.74, 6) is 2.28. The quantitative estimate of drug-likeness (QED) is 0.299. The number of nitrogens with one attached hydrogen (secondary N) is 2. The second-order valence-electron chi connectivity index (χ2n) is 6.56. The van der Waals surface area contributed by atoms with Crippen molar-refractivity contribution in [3.63, 3.8) is 0 Å². The molecule has 8 nitrogen and oxygen atoms in total. The smallest absolute Gasteiger partial charge is 0.213 e. The first-order chi connectivity index (χ1) is 13.4. The lowest BCUT2D eigenvalue weighted by molar-refractivity contribution is 0.306. The fraction of sp³-hybridized carbons (Fsp3) is 0.632. The molecule has 1 fully saturated rings. The Kier molecular flexibility index (Phi) is 11.0. The summed E-state index contributed by atoms with van der Waals surface area (Å²) >= 11 is 0. The second-order valence-corrected chi connectivity index (χ2v) is 8.82. The number of guanidine groups is 1. The summed E-state index contributed by atoms with van der Waals surface area (Å²) in [6.07, 6.45) is 1.52. The SMILES string of the molecule is CCOc1cc(CNC(=NC)NC2CCN(S(=O)(=O)CC)CC2)ccc1OC.I. The van der Waals surface area contributed by atoms with E-state index in [9.17, 15) is 8.42 Å². The largest absolute Gasteiger partial charge is 0.493 e. The number of aliphatic imine (C=N–C) groups is 1. The van der Waals surface area contributed by atoms with E-state index in [1.165, 1.54) is 0 Å². The zero-order valence-corrected chi connectivity index (χ0v) is 20.7. The molecule has 10 heteroatoms. The summed E-state index contributed by atoms with van der Waals surface area (Å²) in [6.45, 7) is 5.87. The van der Waals surface area contributed by atoms with Gasteiger partial charge in [0.15, 0.2) is 17.5 Å². The molecule has 1 aromatic rings. The predicted molar refractivity (Wildman–Crippen MR) is 127 cm³/mol. The Labute approximate surface area is 191 Å². The lowest BCUT2D eigenvalue weighted by atomic mass is 10.1. The summed E-state index contributed by atoms with van der Waals surface area (Å²) in [6, 6.07) is 6.03. The van der Waals surface area contributed by atoms with Crippen LogP contribution in [0.2, 0.25) is 0 Å². The molecular weight excluding hydrogens is 507 g/mol. The molecule has 29 heavy (non-hydrogen) atoms. The molecule has 0 radical (unpaired) electrons. The average molecular weight is 540 g/mol. The molecule has 0 saturated carbocycles. The van der Waals surface area contributed by atoms with Gasteiger partial charge in [-0.25, -0.2) is 12.7 Å².